The first-order valence-corrected chi connectivity index (χ1v) is 9.89. The average molecular weight is 411 g/mol. The molecule has 3 aromatic rings. The van der Waals surface area contributed by atoms with E-state index in [1.807, 2.05) is 32.0 Å². The number of aromatic nitrogens is 4. The minimum atomic E-state index is -0.390. The van der Waals surface area contributed by atoms with Gasteiger partial charge in [-0.1, -0.05) is 36.0 Å². The van der Waals surface area contributed by atoms with Crippen LogP contribution in [0, 0.1) is 13.8 Å². The average Bonchev–Trinajstić information content (AvgIpc) is 3.20. The molecule has 29 heavy (non-hydrogen) atoms. The smallest absolute Gasteiger partial charge is 0.337 e. The number of esters is 1. The molecule has 0 atom stereocenters. The fourth-order valence-electron chi connectivity index (χ4n) is 2.63. The molecule has 0 spiro atoms. The summed E-state index contributed by atoms with van der Waals surface area (Å²) in [5.41, 5.74) is 4.40. The third kappa shape index (κ3) is 5.20. The Morgan fingerprint density at radius 2 is 1.90 bits per heavy atom. The SMILES string of the molecule is COC(=O)c1ccc(CNC(=O)CSc2nnnn2-c2cc(C)ccc2C)cc1. The van der Waals surface area contributed by atoms with Crippen LogP contribution in [0.4, 0.5) is 0 Å². The van der Waals surface area contributed by atoms with Gasteiger partial charge in [0.25, 0.3) is 0 Å². The van der Waals surface area contributed by atoms with Gasteiger partial charge in [-0.2, -0.15) is 4.68 Å². The standard InChI is InChI=1S/C20H21N5O3S/c1-13-4-5-14(2)17(10-13)25-20(22-23-24-25)29-12-18(26)21-11-15-6-8-16(9-7-15)19(27)28-3/h4-10H,11-12H2,1-3H3,(H,21,26). The van der Waals surface area contributed by atoms with Crippen molar-refractivity contribution in [3.05, 3.63) is 64.7 Å². The Labute approximate surface area is 172 Å². The first-order valence-electron chi connectivity index (χ1n) is 8.90. The Morgan fingerprint density at radius 1 is 1.14 bits per heavy atom. The molecule has 1 heterocycles. The molecule has 9 heteroatoms. The van der Waals surface area contributed by atoms with E-state index in [-0.39, 0.29) is 11.7 Å². The molecule has 0 saturated heterocycles. The molecule has 1 aromatic heterocycles. The van der Waals surface area contributed by atoms with Gasteiger partial charge in [0, 0.05) is 6.54 Å². The monoisotopic (exact) mass is 411 g/mol. The fraction of sp³-hybridized carbons (Fsp3) is 0.250. The largest absolute Gasteiger partial charge is 0.465 e. The van der Waals surface area contributed by atoms with Gasteiger partial charge in [-0.25, -0.2) is 4.79 Å². The molecule has 1 amide bonds. The van der Waals surface area contributed by atoms with Crippen molar-refractivity contribution in [1.29, 1.82) is 0 Å². The van der Waals surface area contributed by atoms with E-state index < -0.39 is 5.97 Å². The molecule has 3 rings (SSSR count). The van der Waals surface area contributed by atoms with Crippen molar-refractivity contribution in [2.45, 2.75) is 25.5 Å². The number of amides is 1. The molecular formula is C20H21N5O3S. The second-order valence-corrected chi connectivity index (χ2v) is 7.36. The summed E-state index contributed by atoms with van der Waals surface area (Å²) in [6, 6.07) is 12.9. The third-order valence-electron chi connectivity index (χ3n) is 4.23. The van der Waals surface area contributed by atoms with Gasteiger partial charge in [0.15, 0.2) is 0 Å². The van der Waals surface area contributed by atoms with Crippen LogP contribution in [0.1, 0.15) is 27.0 Å². The van der Waals surface area contributed by atoms with Crippen LogP contribution in [0.25, 0.3) is 5.69 Å². The lowest BCUT2D eigenvalue weighted by Gasteiger charge is -2.09. The van der Waals surface area contributed by atoms with E-state index in [0.717, 1.165) is 22.4 Å². The van der Waals surface area contributed by atoms with Crippen LogP contribution in [0.3, 0.4) is 0 Å². The van der Waals surface area contributed by atoms with E-state index in [0.29, 0.717) is 17.3 Å². The van der Waals surface area contributed by atoms with Gasteiger partial charge in [0.2, 0.25) is 11.1 Å². The highest BCUT2D eigenvalue weighted by molar-refractivity contribution is 7.99. The number of nitrogens with zero attached hydrogens (tertiary/aromatic N) is 4. The van der Waals surface area contributed by atoms with E-state index in [2.05, 4.69) is 25.6 Å². The number of ether oxygens (including phenoxy) is 1. The summed E-state index contributed by atoms with van der Waals surface area (Å²) in [5, 5.41) is 15.2. The number of nitrogens with one attached hydrogen (secondary N) is 1. The van der Waals surface area contributed by atoms with Gasteiger partial charge in [-0.15, -0.1) is 5.10 Å². The molecule has 0 unspecified atom stereocenters. The number of aryl methyl sites for hydroxylation is 2. The number of hydrogen-bond acceptors (Lipinski definition) is 7. The summed E-state index contributed by atoms with van der Waals surface area (Å²) in [4.78, 5) is 23.7. The Kier molecular flexibility index (Phi) is 6.61. The van der Waals surface area contributed by atoms with Crippen LogP contribution in [-0.4, -0.2) is 44.9 Å². The molecule has 0 radical (unpaired) electrons. The van der Waals surface area contributed by atoms with Crippen molar-refractivity contribution in [2.75, 3.05) is 12.9 Å². The van der Waals surface area contributed by atoms with Crippen LogP contribution in [0.5, 0.6) is 0 Å². The highest BCUT2D eigenvalue weighted by Crippen LogP contribution is 2.21. The minimum Gasteiger partial charge on any atom is -0.465 e. The molecule has 2 aromatic carbocycles. The van der Waals surface area contributed by atoms with Crippen LogP contribution in [0.15, 0.2) is 47.6 Å². The maximum Gasteiger partial charge on any atom is 0.337 e. The number of hydrogen-bond donors (Lipinski definition) is 1. The predicted molar refractivity (Wildman–Crippen MR) is 109 cm³/mol. The highest BCUT2D eigenvalue weighted by atomic mass is 32.2. The van der Waals surface area contributed by atoms with Crippen molar-refractivity contribution in [2.24, 2.45) is 0 Å². The molecule has 0 aliphatic carbocycles. The van der Waals surface area contributed by atoms with E-state index in [4.69, 9.17) is 0 Å². The molecule has 0 aliphatic rings. The van der Waals surface area contributed by atoms with Crippen molar-refractivity contribution < 1.29 is 14.3 Å². The van der Waals surface area contributed by atoms with Gasteiger partial charge < -0.3 is 10.1 Å². The van der Waals surface area contributed by atoms with E-state index >= 15 is 0 Å². The van der Waals surface area contributed by atoms with E-state index in [1.165, 1.54) is 18.9 Å². The van der Waals surface area contributed by atoms with E-state index in [1.54, 1.807) is 28.9 Å². The lowest BCUT2D eigenvalue weighted by Crippen LogP contribution is -2.24. The van der Waals surface area contributed by atoms with Crippen LogP contribution >= 0.6 is 11.8 Å². The number of thioether (sulfide) groups is 1. The quantitative estimate of drug-likeness (QED) is 0.471. The number of tetrazole rings is 1. The second-order valence-electron chi connectivity index (χ2n) is 6.42. The third-order valence-corrected chi connectivity index (χ3v) is 5.15. The highest BCUT2D eigenvalue weighted by Gasteiger charge is 2.13. The van der Waals surface area contributed by atoms with Crippen molar-refractivity contribution in [3.8, 4) is 5.69 Å². The van der Waals surface area contributed by atoms with Crippen LogP contribution < -0.4 is 5.32 Å². The molecule has 150 valence electrons. The second kappa shape index (κ2) is 9.33. The molecule has 0 bridgehead atoms. The number of methoxy groups -OCH3 is 1. The number of benzene rings is 2. The maximum absolute atomic E-state index is 12.2. The van der Waals surface area contributed by atoms with Gasteiger partial charge >= 0.3 is 5.97 Å². The summed E-state index contributed by atoms with van der Waals surface area (Å²) in [5.74, 6) is -0.341. The Morgan fingerprint density at radius 3 is 2.62 bits per heavy atom. The summed E-state index contributed by atoms with van der Waals surface area (Å²) in [7, 11) is 1.34. The summed E-state index contributed by atoms with van der Waals surface area (Å²) in [6.07, 6.45) is 0. The molecule has 8 nitrogen and oxygen atoms in total. The van der Waals surface area contributed by atoms with Crippen LogP contribution in [-0.2, 0) is 16.1 Å². The minimum absolute atomic E-state index is 0.137. The zero-order chi connectivity index (χ0) is 20.8. The van der Waals surface area contributed by atoms with Crippen molar-refractivity contribution in [3.63, 3.8) is 0 Å². The van der Waals surface area contributed by atoms with Gasteiger partial charge in [0.05, 0.1) is 24.1 Å². The number of carbonyl (C=O) groups is 2. The maximum atomic E-state index is 12.2. The lowest BCUT2D eigenvalue weighted by molar-refractivity contribution is -0.118. The predicted octanol–water partition coefficient (Wildman–Crippen LogP) is 2.47. The molecule has 1 N–H and O–H groups in total. The van der Waals surface area contributed by atoms with Gasteiger partial charge in [-0.3, -0.25) is 4.79 Å². The molecular weight excluding hydrogens is 390 g/mol. The molecule has 0 saturated carbocycles. The Balaban J connectivity index is 1.56. The van der Waals surface area contributed by atoms with Gasteiger partial charge in [-0.05, 0) is 59.2 Å². The molecule has 0 aliphatic heterocycles. The Bertz CT molecular complexity index is 1020. The first-order chi connectivity index (χ1) is 14.0. The van der Waals surface area contributed by atoms with E-state index in [9.17, 15) is 9.59 Å². The summed E-state index contributed by atoms with van der Waals surface area (Å²) >= 11 is 1.27. The van der Waals surface area contributed by atoms with Gasteiger partial charge in [0.1, 0.15) is 0 Å². The summed E-state index contributed by atoms with van der Waals surface area (Å²) in [6.45, 7) is 4.36. The normalized spacial score (nSPS) is 10.6. The zero-order valence-corrected chi connectivity index (χ0v) is 17.2. The topological polar surface area (TPSA) is 99.0 Å². The number of rotatable bonds is 7. The number of carbonyl (C=O) groups excluding carboxylic acids is 2. The molecule has 0 fully saturated rings. The van der Waals surface area contributed by atoms with Crippen LogP contribution in [0.2, 0.25) is 0 Å². The summed E-state index contributed by atoms with van der Waals surface area (Å²) < 4.78 is 6.31. The van der Waals surface area contributed by atoms with Crippen molar-refractivity contribution in [1.82, 2.24) is 25.5 Å². The lowest BCUT2D eigenvalue weighted by atomic mass is 10.1. The van der Waals surface area contributed by atoms with Crippen molar-refractivity contribution >= 4 is 23.6 Å². The first kappa shape index (κ1) is 20.5. The zero-order valence-electron chi connectivity index (χ0n) is 16.4. The fourth-order valence-corrected chi connectivity index (χ4v) is 3.34. The Hall–Kier alpha value is -3.20.